The lowest BCUT2D eigenvalue weighted by Crippen LogP contribution is -2.41. The maximum atomic E-state index is 13.1. The Hall–Kier alpha value is -3.89. The van der Waals surface area contributed by atoms with Crippen LogP contribution >= 0.6 is 11.3 Å². The van der Waals surface area contributed by atoms with Crippen LogP contribution in [0.15, 0.2) is 35.4 Å². The highest BCUT2D eigenvalue weighted by atomic mass is 32.1. The van der Waals surface area contributed by atoms with Crippen molar-refractivity contribution in [2.24, 2.45) is 5.73 Å². The van der Waals surface area contributed by atoms with E-state index in [-0.39, 0.29) is 11.6 Å². The summed E-state index contributed by atoms with van der Waals surface area (Å²) in [6.07, 6.45) is 2.35. The minimum atomic E-state index is -3.35. The van der Waals surface area contributed by atoms with Crippen LogP contribution in [-0.2, 0) is 16.4 Å². The predicted molar refractivity (Wildman–Crippen MR) is 151 cm³/mol. The Morgan fingerprint density at radius 1 is 1.07 bits per heavy atom. The van der Waals surface area contributed by atoms with Crippen LogP contribution in [0.25, 0.3) is 21.7 Å². The zero-order chi connectivity index (χ0) is 30.1. The third kappa shape index (κ3) is 6.71. The molecule has 1 amide bonds. The minimum Gasteiger partial charge on any atom is -0.453 e. The maximum Gasteiger partial charge on any atom is 0.404 e. The smallest absolute Gasteiger partial charge is 0.404 e. The summed E-state index contributed by atoms with van der Waals surface area (Å²) in [5.41, 5.74) is 4.81. The van der Waals surface area contributed by atoms with Gasteiger partial charge in [-0.15, -0.1) is 11.3 Å². The Morgan fingerprint density at radius 2 is 1.73 bits per heavy atom. The average molecular weight is 588 g/mol. The first-order chi connectivity index (χ1) is 19.2. The number of aliphatic hydroxyl groups is 4. The van der Waals surface area contributed by atoms with Crippen molar-refractivity contribution in [3.8, 4) is 10.7 Å². The lowest BCUT2D eigenvalue weighted by Gasteiger charge is -2.15. The van der Waals surface area contributed by atoms with Crippen LogP contribution in [0.4, 0.5) is 16.4 Å². The van der Waals surface area contributed by atoms with Crippen molar-refractivity contribution in [2.45, 2.75) is 64.2 Å². The summed E-state index contributed by atoms with van der Waals surface area (Å²) in [7, 11) is 1.22. The Balaban J connectivity index is 0.000000714. The second-order valence-electron chi connectivity index (χ2n) is 10.2. The minimum absolute atomic E-state index is 0.102. The first-order valence-electron chi connectivity index (χ1n) is 12.8. The van der Waals surface area contributed by atoms with Crippen molar-refractivity contribution in [3.63, 3.8) is 0 Å². The van der Waals surface area contributed by atoms with Gasteiger partial charge < -0.3 is 36.2 Å². The monoisotopic (exact) mass is 587 g/mol. The number of pyridine rings is 2. The molecule has 15 heteroatoms. The van der Waals surface area contributed by atoms with E-state index in [0.717, 1.165) is 36.1 Å². The highest BCUT2D eigenvalue weighted by Gasteiger charge is 2.32. The topological polar surface area (TPSA) is 211 Å². The molecule has 1 aliphatic carbocycles. The van der Waals surface area contributed by atoms with Gasteiger partial charge >= 0.3 is 17.9 Å². The van der Waals surface area contributed by atoms with Gasteiger partial charge in [0.05, 0.1) is 34.8 Å². The SMILES string of the molecule is COC(N)=O.Cc1cc(Nc2cc3c(cn2)n(C(O)(O)O)c(=O)n3C2CCCC2)nc(-c2ncc(C(C)(C)O)s2)c1. The third-order valence-electron chi connectivity index (χ3n) is 6.50. The number of aryl methyl sites for hydroxylation is 1. The van der Waals surface area contributed by atoms with Crippen LogP contribution in [-0.4, -0.2) is 57.7 Å². The normalized spacial score (nSPS) is 14.1. The molecular weight excluding hydrogens is 554 g/mol. The van der Waals surface area contributed by atoms with Gasteiger partial charge in [0, 0.05) is 18.3 Å². The molecule has 7 N–H and O–H groups in total. The molecule has 220 valence electrons. The van der Waals surface area contributed by atoms with Gasteiger partial charge in [-0.25, -0.2) is 29.1 Å². The Bertz CT molecular complexity index is 1610. The van der Waals surface area contributed by atoms with E-state index >= 15 is 0 Å². The van der Waals surface area contributed by atoms with Crippen molar-refractivity contribution in [1.82, 2.24) is 24.1 Å². The number of thiazole rings is 1. The summed E-state index contributed by atoms with van der Waals surface area (Å²) in [5.74, 6) is 0.901. The van der Waals surface area contributed by atoms with Crippen molar-refractivity contribution in [3.05, 3.63) is 51.5 Å². The number of rotatable bonds is 6. The number of methoxy groups -OCH3 is 1. The molecule has 1 fully saturated rings. The fourth-order valence-corrected chi connectivity index (χ4v) is 5.52. The number of amides is 1. The third-order valence-corrected chi connectivity index (χ3v) is 7.84. The van der Waals surface area contributed by atoms with E-state index < -0.39 is 23.5 Å². The predicted octanol–water partition coefficient (Wildman–Crippen LogP) is 2.37. The van der Waals surface area contributed by atoms with Gasteiger partial charge in [-0.1, -0.05) is 12.8 Å². The lowest BCUT2D eigenvalue weighted by molar-refractivity contribution is -0.374. The van der Waals surface area contributed by atoms with Crippen molar-refractivity contribution >= 4 is 40.1 Å². The number of aromatic nitrogens is 5. The molecule has 0 saturated heterocycles. The number of hydrogen-bond acceptors (Lipinski definition) is 12. The summed E-state index contributed by atoms with van der Waals surface area (Å²) in [4.78, 5) is 36.6. The van der Waals surface area contributed by atoms with Crippen molar-refractivity contribution < 1.29 is 30.0 Å². The van der Waals surface area contributed by atoms with Crippen LogP contribution in [0, 0.1) is 6.92 Å². The van der Waals surface area contributed by atoms with E-state index in [2.05, 4.69) is 30.7 Å². The second-order valence-corrected chi connectivity index (χ2v) is 11.3. The molecule has 0 spiro atoms. The van der Waals surface area contributed by atoms with Crippen LogP contribution in [0.1, 0.15) is 56.0 Å². The van der Waals surface area contributed by atoms with E-state index in [1.165, 1.54) is 29.2 Å². The first kappa shape index (κ1) is 30.1. The molecule has 0 unspecified atom stereocenters. The molecule has 4 aromatic heterocycles. The van der Waals surface area contributed by atoms with E-state index in [1.54, 1.807) is 26.1 Å². The quantitative estimate of drug-likeness (QED) is 0.180. The number of nitrogens with one attached hydrogen (secondary N) is 1. The Kier molecular flexibility index (Phi) is 8.46. The van der Waals surface area contributed by atoms with E-state index in [0.29, 0.717) is 32.4 Å². The molecule has 0 radical (unpaired) electrons. The van der Waals surface area contributed by atoms with Gasteiger partial charge in [0.1, 0.15) is 22.3 Å². The molecular formula is C26H33N7O7S. The standard InChI is InChI=1S/C24H28N6O5S.C2H5NO2/c1-13-8-15(21-26-12-18(36-21)23(2,3)32)27-20(9-13)28-19-10-16-17(11-25-19)30(24(33,34)35)22(31)29(16)14-6-4-5-7-14;1-5-2(3)4/h8-12,14,32-35H,4-7H2,1-3H3,(H,25,27,28);1H3,(H2,3,4). The second kappa shape index (κ2) is 11.5. The largest absolute Gasteiger partial charge is 0.453 e. The molecule has 0 aromatic carbocycles. The number of hydrogen-bond donors (Lipinski definition) is 6. The van der Waals surface area contributed by atoms with Gasteiger partial charge in [-0.05, 0) is 51.3 Å². The number of ether oxygens (including phenoxy) is 1. The number of fused-ring (bicyclic) bond motifs is 1. The van der Waals surface area contributed by atoms with Gasteiger partial charge in [0.2, 0.25) is 0 Å². The van der Waals surface area contributed by atoms with Gasteiger partial charge in [0.25, 0.3) is 0 Å². The zero-order valence-electron chi connectivity index (χ0n) is 23.0. The number of primary amides is 1. The van der Waals surface area contributed by atoms with Gasteiger partial charge in [0.15, 0.2) is 0 Å². The van der Waals surface area contributed by atoms with Crippen LogP contribution < -0.4 is 16.7 Å². The maximum absolute atomic E-state index is 13.1. The molecule has 4 heterocycles. The van der Waals surface area contributed by atoms with Gasteiger partial charge in [-0.2, -0.15) is 0 Å². The Labute approximate surface area is 238 Å². The fourth-order valence-electron chi connectivity index (χ4n) is 4.64. The molecule has 0 bridgehead atoms. The van der Waals surface area contributed by atoms with Crippen LogP contribution in [0.5, 0.6) is 0 Å². The van der Waals surface area contributed by atoms with Crippen molar-refractivity contribution in [1.29, 1.82) is 0 Å². The first-order valence-corrected chi connectivity index (χ1v) is 13.6. The number of anilines is 2. The molecule has 5 rings (SSSR count). The number of nitrogens with two attached hydrogens (primary N) is 1. The average Bonchev–Trinajstić information content (AvgIpc) is 3.62. The highest BCUT2D eigenvalue weighted by molar-refractivity contribution is 7.15. The van der Waals surface area contributed by atoms with E-state index in [9.17, 15) is 30.0 Å². The van der Waals surface area contributed by atoms with E-state index in [4.69, 9.17) is 0 Å². The van der Waals surface area contributed by atoms with Crippen LogP contribution in [0.3, 0.4) is 0 Å². The summed E-state index contributed by atoms with van der Waals surface area (Å²) < 4.78 is 5.92. The number of carbonyl (C=O) groups is 1. The molecule has 0 atom stereocenters. The molecule has 4 aromatic rings. The molecule has 41 heavy (non-hydrogen) atoms. The Morgan fingerprint density at radius 3 is 2.29 bits per heavy atom. The fraction of sp³-hybridized carbons (Fsp3) is 0.423. The van der Waals surface area contributed by atoms with Crippen molar-refractivity contribution in [2.75, 3.05) is 12.4 Å². The molecule has 1 saturated carbocycles. The molecule has 14 nitrogen and oxygen atoms in total. The van der Waals surface area contributed by atoms with Crippen LogP contribution in [0.2, 0.25) is 0 Å². The summed E-state index contributed by atoms with van der Waals surface area (Å²) in [5, 5.41) is 43.6. The number of imidazole rings is 1. The van der Waals surface area contributed by atoms with Gasteiger partial charge in [-0.3, -0.25) is 4.57 Å². The molecule has 0 aliphatic heterocycles. The highest BCUT2D eigenvalue weighted by Crippen LogP contribution is 2.34. The zero-order valence-corrected chi connectivity index (χ0v) is 23.8. The van der Waals surface area contributed by atoms with E-state index in [1.807, 2.05) is 19.1 Å². The summed E-state index contributed by atoms with van der Waals surface area (Å²) in [6, 6.07) is 5.26. The number of carbonyl (C=O) groups excluding carboxylic acids is 1. The summed E-state index contributed by atoms with van der Waals surface area (Å²) in [6.45, 7) is 5.34. The molecule has 1 aliphatic rings. The summed E-state index contributed by atoms with van der Waals surface area (Å²) >= 11 is 1.36. The lowest BCUT2D eigenvalue weighted by atomic mass is 10.1. The number of nitrogens with zero attached hydrogens (tertiary/aromatic N) is 5.